The first-order valence-electron chi connectivity index (χ1n) is 9.61. The molecule has 1 aromatic heterocycles. The highest BCUT2D eigenvalue weighted by atomic mass is 16.5. The number of carboxylic acid groups (broad SMARTS) is 1. The molecule has 0 saturated carbocycles. The molecule has 0 radical (unpaired) electrons. The van der Waals surface area contributed by atoms with Crippen LogP contribution in [0.5, 0.6) is 0 Å². The van der Waals surface area contributed by atoms with E-state index in [4.69, 9.17) is 4.74 Å². The molecule has 2 saturated heterocycles. The molecule has 1 N–H and O–H groups in total. The SMILES string of the molecule is Cc1cc(C)c(CN2CC(C(=O)O)C3(CCOCC3)C2)c(-n2cccn2)c1. The number of rotatable bonds is 4. The summed E-state index contributed by atoms with van der Waals surface area (Å²) in [6, 6.07) is 6.27. The lowest BCUT2D eigenvalue weighted by molar-refractivity contribution is -0.147. The van der Waals surface area contributed by atoms with Crippen LogP contribution in [0.3, 0.4) is 0 Å². The van der Waals surface area contributed by atoms with E-state index in [1.165, 1.54) is 16.7 Å². The first-order valence-corrected chi connectivity index (χ1v) is 9.61. The predicted molar refractivity (Wildman–Crippen MR) is 102 cm³/mol. The zero-order chi connectivity index (χ0) is 19.0. The van der Waals surface area contributed by atoms with E-state index >= 15 is 0 Å². The highest BCUT2D eigenvalue weighted by molar-refractivity contribution is 5.72. The number of benzene rings is 1. The summed E-state index contributed by atoms with van der Waals surface area (Å²) in [7, 11) is 0. The Morgan fingerprint density at radius 1 is 1.33 bits per heavy atom. The Morgan fingerprint density at radius 2 is 2.11 bits per heavy atom. The van der Waals surface area contributed by atoms with Gasteiger partial charge in [-0.2, -0.15) is 5.10 Å². The first kappa shape index (κ1) is 18.2. The Kier molecular flexibility index (Phi) is 4.78. The Bertz CT molecular complexity index is 825. The number of nitrogens with zero attached hydrogens (tertiary/aromatic N) is 3. The van der Waals surface area contributed by atoms with Gasteiger partial charge in [0.2, 0.25) is 0 Å². The summed E-state index contributed by atoms with van der Waals surface area (Å²) in [4.78, 5) is 14.3. The van der Waals surface area contributed by atoms with Gasteiger partial charge in [-0.1, -0.05) is 6.07 Å². The van der Waals surface area contributed by atoms with Gasteiger partial charge in [-0.05, 0) is 55.5 Å². The summed E-state index contributed by atoms with van der Waals surface area (Å²) < 4.78 is 7.42. The van der Waals surface area contributed by atoms with Crippen LogP contribution in [-0.4, -0.2) is 52.1 Å². The van der Waals surface area contributed by atoms with Crippen molar-refractivity contribution in [2.75, 3.05) is 26.3 Å². The van der Waals surface area contributed by atoms with Gasteiger partial charge in [0.05, 0.1) is 11.6 Å². The molecule has 2 aliphatic heterocycles. The summed E-state index contributed by atoms with van der Waals surface area (Å²) in [5.41, 5.74) is 4.57. The molecule has 6 heteroatoms. The van der Waals surface area contributed by atoms with Crippen molar-refractivity contribution in [2.24, 2.45) is 11.3 Å². The van der Waals surface area contributed by atoms with E-state index in [-0.39, 0.29) is 11.3 Å². The largest absolute Gasteiger partial charge is 0.481 e. The number of hydrogen-bond donors (Lipinski definition) is 1. The number of aromatic nitrogens is 2. The fraction of sp³-hybridized carbons (Fsp3) is 0.524. The van der Waals surface area contributed by atoms with Gasteiger partial charge in [0.1, 0.15) is 0 Å². The average Bonchev–Trinajstić information content (AvgIpc) is 3.26. The average molecular weight is 369 g/mol. The normalized spacial score (nSPS) is 22.4. The predicted octanol–water partition coefficient (Wildman–Crippen LogP) is 2.80. The molecule has 2 aromatic rings. The number of ether oxygens (including phenoxy) is 1. The van der Waals surface area contributed by atoms with Gasteiger partial charge in [0.25, 0.3) is 0 Å². The Balaban J connectivity index is 1.64. The van der Waals surface area contributed by atoms with E-state index in [0.717, 1.165) is 31.6 Å². The number of hydrogen-bond acceptors (Lipinski definition) is 4. The molecule has 1 spiro atoms. The van der Waals surface area contributed by atoms with Crippen molar-refractivity contribution in [1.82, 2.24) is 14.7 Å². The van der Waals surface area contributed by atoms with Gasteiger partial charge in [0, 0.05) is 50.7 Å². The Labute approximate surface area is 159 Å². The van der Waals surface area contributed by atoms with Crippen molar-refractivity contribution in [3.63, 3.8) is 0 Å². The molecule has 2 fully saturated rings. The number of carboxylic acids is 1. The second-order valence-corrected chi connectivity index (χ2v) is 8.07. The Hall–Kier alpha value is -2.18. The minimum absolute atomic E-state index is 0.158. The summed E-state index contributed by atoms with van der Waals surface area (Å²) >= 11 is 0. The van der Waals surface area contributed by atoms with Crippen molar-refractivity contribution < 1.29 is 14.6 Å². The second kappa shape index (κ2) is 7.09. The number of aryl methyl sites for hydroxylation is 2. The molecule has 0 aliphatic carbocycles. The summed E-state index contributed by atoms with van der Waals surface area (Å²) in [5.74, 6) is -0.993. The van der Waals surface area contributed by atoms with Crippen molar-refractivity contribution in [3.8, 4) is 5.69 Å². The van der Waals surface area contributed by atoms with Crippen molar-refractivity contribution in [2.45, 2.75) is 33.2 Å². The number of likely N-dealkylation sites (tertiary alicyclic amines) is 1. The lowest BCUT2D eigenvalue weighted by Gasteiger charge is -2.36. The molecule has 3 heterocycles. The van der Waals surface area contributed by atoms with Gasteiger partial charge in [-0.3, -0.25) is 9.69 Å². The molecule has 1 aromatic carbocycles. The monoisotopic (exact) mass is 369 g/mol. The minimum atomic E-state index is -0.674. The van der Waals surface area contributed by atoms with Crippen LogP contribution in [0.25, 0.3) is 5.69 Å². The second-order valence-electron chi connectivity index (χ2n) is 8.07. The van der Waals surface area contributed by atoms with E-state index < -0.39 is 5.97 Å². The van der Waals surface area contributed by atoms with Crippen LogP contribution in [0.2, 0.25) is 0 Å². The van der Waals surface area contributed by atoms with Crippen LogP contribution in [0.4, 0.5) is 0 Å². The topological polar surface area (TPSA) is 67.6 Å². The smallest absolute Gasteiger partial charge is 0.308 e. The first-order chi connectivity index (χ1) is 13.0. The molecular formula is C21H27N3O3. The van der Waals surface area contributed by atoms with Gasteiger partial charge in [-0.15, -0.1) is 0 Å². The van der Waals surface area contributed by atoms with Crippen LogP contribution in [0.1, 0.15) is 29.5 Å². The van der Waals surface area contributed by atoms with Gasteiger partial charge < -0.3 is 9.84 Å². The maximum Gasteiger partial charge on any atom is 0.308 e. The lowest BCUT2D eigenvalue weighted by atomic mass is 9.72. The maximum atomic E-state index is 12.0. The van der Waals surface area contributed by atoms with Crippen molar-refractivity contribution in [3.05, 3.63) is 47.3 Å². The molecule has 27 heavy (non-hydrogen) atoms. The van der Waals surface area contributed by atoms with Crippen LogP contribution in [-0.2, 0) is 16.1 Å². The Morgan fingerprint density at radius 3 is 2.78 bits per heavy atom. The van der Waals surface area contributed by atoms with Crippen LogP contribution in [0.15, 0.2) is 30.6 Å². The maximum absolute atomic E-state index is 12.0. The van der Waals surface area contributed by atoms with Crippen LogP contribution < -0.4 is 0 Å². The van der Waals surface area contributed by atoms with Crippen LogP contribution >= 0.6 is 0 Å². The van der Waals surface area contributed by atoms with E-state index in [1.807, 2.05) is 16.9 Å². The van der Waals surface area contributed by atoms with Crippen LogP contribution in [0, 0.1) is 25.2 Å². The van der Waals surface area contributed by atoms with Gasteiger partial charge >= 0.3 is 5.97 Å². The van der Waals surface area contributed by atoms with E-state index in [0.29, 0.717) is 19.8 Å². The summed E-state index contributed by atoms with van der Waals surface area (Å²) in [6.07, 6.45) is 5.41. The third-order valence-electron chi connectivity index (χ3n) is 6.23. The molecule has 6 nitrogen and oxygen atoms in total. The third-order valence-corrected chi connectivity index (χ3v) is 6.23. The molecule has 0 amide bonds. The highest BCUT2D eigenvalue weighted by Crippen LogP contribution is 2.45. The molecule has 1 atom stereocenters. The standard InChI is InChI=1S/C21H27N3O3/c1-15-10-16(2)17(19(11-15)24-7-3-6-22-24)12-23-13-18(20(25)26)21(14-23)4-8-27-9-5-21/h3,6-7,10-11,18H,4-5,8-9,12-14H2,1-2H3,(H,25,26). The van der Waals surface area contributed by atoms with E-state index in [2.05, 4.69) is 36.0 Å². The summed E-state index contributed by atoms with van der Waals surface area (Å²) in [5, 5.41) is 14.2. The zero-order valence-electron chi connectivity index (χ0n) is 16.0. The van der Waals surface area contributed by atoms with Crippen molar-refractivity contribution >= 4 is 5.97 Å². The van der Waals surface area contributed by atoms with E-state index in [9.17, 15) is 9.90 Å². The van der Waals surface area contributed by atoms with Gasteiger partial charge in [-0.25, -0.2) is 4.68 Å². The van der Waals surface area contributed by atoms with Gasteiger partial charge in [0.15, 0.2) is 0 Å². The molecular weight excluding hydrogens is 342 g/mol. The molecule has 144 valence electrons. The lowest BCUT2D eigenvalue weighted by Crippen LogP contribution is -2.40. The number of aliphatic carboxylic acids is 1. The number of carbonyl (C=O) groups is 1. The zero-order valence-corrected chi connectivity index (χ0v) is 16.0. The molecule has 4 rings (SSSR count). The van der Waals surface area contributed by atoms with Crippen molar-refractivity contribution in [1.29, 1.82) is 0 Å². The fourth-order valence-electron chi connectivity index (χ4n) is 4.84. The molecule has 2 aliphatic rings. The fourth-order valence-corrected chi connectivity index (χ4v) is 4.84. The molecule has 1 unspecified atom stereocenters. The van der Waals surface area contributed by atoms with E-state index in [1.54, 1.807) is 6.20 Å². The summed E-state index contributed by atoms with van der Waals surface area (Å²) in [6.45, 7) is 7.72. The third kappa shape index (κ3) is 3.39. The minimum Gasteiger partial charge on any atom is -0.481 e. The highest BCUT2D eigenvalue weighted by Gasteiger charge is 2.50. The molecule has 0 bridgehead atoms. The quantitative estimate of drug-likeness (QED) is 0.898.